The maximum Gasteiger partial charge on any atom is 0.160 e. The highest BCUT2D eigenvalue weighted by Gasteiger charge is 2.34. The predicted octanol–water partition coefficient (Wildman–Crippen LogP) is 3.81. The lowest BCUT2D eigenvalue weighted by Crippen LogP contribution is -2.28. The molecule has 1 aliphatic carbocycles. The fraction of sp³-hybridized carbons (Fsp3) is 0.600. The van der Waals surface area contributed by atoms with Crippen LogP contribution in [0.2, 0.25) is 0 Å². The average Bonchev–Trinajstić information content (AvgIpc) is 2.95. The second kappa shape index (κ2) is 4.78. The minimum Gasteiger partial charge on any atom is -0.307 e. The maximum absolute atomic E-state index is 5.95. The molecule has 2 aromatic heterocycles. The number of nitrogens with zero attached hydrogens (tertiary/aromatic N) is 3. The van der Waals surface area contributed by atoms with Gasteiger partial charge < -0.3 is 4.57 Å². The fourth-order valence-corrected chi connectivity index (χ4v) is 3.49. The highest BCUT2D eigenvalue weighted by molar-refractivity contribution is 6.17. The summed E-state index contributed by atoms with van der Waals surface area (Å²) in [5.74, 6) is 1.70. The molecule has 1 saturated carbocycles. The minimum atomic E-state index is 0.164. The van der Waals surface area contributed by atoms with Crippen LogP contribution in [0.15, 0.2) is 12.3 Å². The third kappa shape index (κ3) is 2.04. The number of hydrogen-bond donors (Lipinski definition) is 0. The van der Waals surface area contributed by atoms with Crippen LogP contribution in [0.1, 0.15) is 44.0 Å². The third-order valence-electron chi connectivity index (χ3n) is 4.36. The number of halogens is 1. The lowest BCUT2D eigenvalue weighted by atomic mass is 10.00. The zero-order chi connectivity index (χ0) is 13.5. The van der Waals surface area contributed by atoms with Crippen molar-refractivity contribution in [1.82, 2.24) is 14.5 Å². The lowest BCUT2D eigenvalue weighted by Gasteiger charge is -2.28. The summed E-state index contributed by atoms with van der Waals surface area (Å²) in [4.78, 5) is 9.40. The van der Waals surface area contributed by atoms with Crippen LogP contribution in [-0.2, 0) is 12.0 Å². The Hall–Kier alpha value is -1.09. The van der Waals surface area contributed by atoms with Crippen molar-refractivity contribution in [2.45, 2.75) is 51.5 Å². The van der Waals surface area contributed by atoms with Gasteiger partial charge in [0.25, 0.3) is 0 Å². The van der Waals surface area contributed by atoms with E-state index in [9.17, 15) is 0 Å². The first-order chi connectivity index (χ1) is 9.15. The first-order valence-corrected chi connectivity index (χ1v) is 7.58. The number of rotatable bonds is 3. The second-order valence-electron chi connectivity index (χ2n) is 5.81. The summed E-state index contributed by atoms with van der Waals surface area (Å²) in [7, 11) is 0. The second-order valence-corrected chi connectivity index (χ2v) is 6.18. The summed E-state index contributed by atoms with van der Waals surface area (Å²) in [5.41, 5.74) is 3.43. The molecular weight excluding hydrogens is 258 g/mol. The van der Waals surface area contributed by atoms with E-state index in [0.29, 0.717) is 5.88 Å². The van der Waals surface area contributed by atoms with E-state index in [1.165, 1.54) is 31.2 Å². The number of aryl methyl sites for hydroxylation is 2. The Morgan fingerprint density at radius 1 is 1.37 bits per heavy atom. The largest absolute Gasteiger partial charge is 0.307 e. The van der Waals surface area contributed by atoms with Crippen LogP contribution in [0.4, 0.5) is 0 Å². The van der Waals surface area contributed by atoms with Crippen LogP contribution in [0.25, 0.3) is 11.2 Å². The van der Waals surface area contributed by atoms with Gasteiger partial charge in [-0.05, 0) is 38.3 Å². The molecule has 2 aromatic rings. The van der Waals surface area contributed by atoms with Crippen LogP contribution in [0.3, 0.4) is 0 Å². The van der Waals surface area contributed by atoms with E-state index in [2.05, 4.69) is 23.4 Å². The summed E-state index contributed by atoms with van der Waals surface area (Å²) in [6.45, 7) is 4.44. The Morgan fingerprint density at radius 3 is 2.79 bits per heavy atom. The zero-order valence-corrected chi connectivity index (χ0v) is 12.4. The predicted molar refractivity (Wildman–Crippen MR) is 78.8 cm³/mol. The van der Waals surface area contributed by atoms with Gasteiger partial charge in [0.05, 0.1) is 0 Å². The van der Waals surface area contributed by atoms with Crippen molar-refractivity contribution in [2.75, 3.05) is 5.88 Å². The van der Waals surface area contributed by atoms with E-state index in [4.69, 9.17) is 16.6 Å². The zero-order valence-electron chi connectivity index (χ0n) is 11.6. The molecule has 102 valence electrons. The van der Waals surface area contributed by atoms with Crippen LogP contribution in [0.5, 0.6) is 0 Å². The molecule has 2 heterocycles. The Kier molecular flexibility index (Phi) is 3.25. The molecule has 1 fully saturated rings. The number of hydrogen-bond acceptors (Lipinski definition) is 2. The molecular formula is C15H20ClN3. The molecule has 3 nitrogen and oxygen atoms in total. The van der Waals surface area contributed by atoms with Gasteiger partial charge in [0.15, 0.2) is 5.65 Å². The van der Waals surface area contributed by atoms with Gasteiger partial charge in [-0.25, -0.2) is 9.97 Å². The highest BCUT2D eigenvalue weighted by atomic mass is 35.5. The molecule has 4 heteroatoms. The van der Waals surface area contributed by atoms with Gasteiger partial charge in [-0.15, -0.1) is 11.6 Å². The number of aromatic nitrogens is 3. The number of fused-ring (bicyclic) bond motifs is 1. The van der Waals surface area contributed by atoms with Gasteiger partial charge in [-0.1, -0.05) is 12.8 Å². The molecule has 0 saturated heterocycles. The lowest BCUT2D eigenvalue weighted by molar-refractivity contribution is 0.327. The van der Waals surface area contributed by atoms with Crippen molar-refractivity contribution >= 4 is 22.8 Å². The molecule has 0 spiro atoms. The maximum atomic E-state index is 5.95. The van der Waals surface area contributed by atoms with Gasteiger partial charge in [0.1, 0.15) is 11.3 Å². The fourth-order valence-electron chi connectivity index (χ4n) is 3.32. The molecule has 0 amide bonds. The number of pyridine rings is 1. The van der Waals surface area contributed by atoms with E-state index in [-0.39, 0.29) is 5.54 Å². The van der Waals surface area contributed by atoms with E-state index < -0.39 is 0 Å². The molecule has 0 aliphatic heterocycles. The smallest absolute Gasteiger partial charge is 0.160 e. The van der Waals surface area contributed by atoms with Crippen molar-refractivity contribution in [2.24, 2.45) is 0 Å². The van der Waals surface area contributed by atoms with Crippen molar-refractivity contribution in [3.05, 3.63) is 23.7 Å². The van der Waals surface area contributed by atoms with Crippen molar-refractivity contribution in [3.8, 4) is 0 Å². The van der Waals surface area contributed by atoms with Crippen LogP contribution >= 0.6 is 11.6 Å². The quantitative estimate of drug-likeness (QED) is 0.799. The van der Waals surface area contributed by atoms with Crippen molar-refractivity contribution < 1.29 is 0 Å². The van der Waals surface area contributed by atoms with Crippen molar-refractivity contribution in [3.63, 3.8) is 0 Å². The average molecular weight is 278 g/mol. The summed E-state index contributed by atoms with van der Waals surface area (Å²) >= 11 is 5.95. The van der Waals surface area contributed by atoms with Gasteiger partial charge >= 0.3 is 0 Å². The summed E-state index contributed by atoms with van der Waals surface area (Å²) in [6, 6.07) is 2.03. The summed E-state index contributed by atoms with van der Waals surface area (Å²) < 4.78 is 2.37. The van der Waals surface area contributed by atoms with Crippen LogP contribution in [-0.4, -0.2) is 20.4 Å². The molecule has 0 N–H and O–H groups in total. The van der Waals surface area contributed by atoms with Gasteiger partial charge in [0.2, 0.25) is 0 Å². The summed E-state index contributed by atoms with van der Waals surface area (Å²) in [5, 5.41) is 0. The molecule has 3 rings (SSSR count). The first-order valence-electron chi connectivity index (χ1n) is 7.05. The Bertz CT molecular complexity index is 597. The first kappa shape index (κ1) is 12.9. The van der Waals surface area contributed by atoms with Crippen LogP contribution < -0.4 is 0 Å². The van der Waals surface area contributed by atoms with E-state index in [1.807, 2.05) is 12.3 Å². The van der Waals surface area contributed by atoms with E-state index in [0.717, 1.165) is 23.4 Å². The Morgan fingerprint density at radius 2 is 2.11 bits per heavy atom. The summed E-state index contributed by atoms with van der Waals surface area (Å²) in [6.07, 6.45) is 7.71. The standard InChI is InChI=1S/C15H20ClN3/c1-11-6-10-17-14-13(11)18-12(5-9-16)19(14)15(2)7-3-4-8-15/h6,10H,3-5,7-9H2,1-2H3. The molecule has 0 atom stereocenters. The SMILES string of the molecule is Cc1ccnc2c1nc(CCCl)n2C1(C)CCCC1. The van der Waals surface area contributed by atoms with E-state index >= 15 is 0 Å². The molecule has 0 unspecified atom stereocenters. The van der Waals surface area contributed by atoms with Crippen LogP contribution in [0, 0.1) is 6.92 Å². The highest BCUT2D eigenvalue weighted by Crippen LogP contribution is 2.39. The van der Waals surface area contributed by atoms with Crippen molar-refractivity contribution in [1.29, 1.82) is 0 Å². The molecule has 0 bridgehead atoms. The Balaban J connectivity index is 2.25. The number of alkyl halides is 1. The van der Waals surface area contributed by atoms with Gasteiger partial charge in [-0.3, -0.25) is 0 Å². The molecule has 0 aromatic carbocycles. The minimum absolute atomic E-state index is 0.164. The Labute approximate surface area is 119 Å². The normalized spacial score (nSPS) is 18.3. The van der Waals surface area contributed by atoms with Gasteiger partial charge in [-0.2, -0.15) is 0 Å². The third-order valence-corrected chi connectivity index (χ3v) is 4.55. The monoisotopic (exact) mass is 277 g/mol. The topological polar surface area (TPSA) is 30.7 Å². The molecule has 1 aliphatic rings. The van der Waals surface area contributed by atoms with E-state index in [1.54, 1.807) is 0 Å². The number of imidazole rings is 1. The molecule has 0 radical (unpaired) electrons. The molecule has 19 heavy (non-hydrogen) atoms. The van der Waals surface area contributed by atoms with Gasteiger partial charge in [0, 0.05) is 24.0 Å².